The molecule has 0 aromatic heterocycles. The van der Waals surface area contributed by atoms with Crippen LogP contribution in [0.25, 0.3) is 0 Å². The third-order valence-corrected chi connectivity index (χ3v) is 9.37. The minimum Gasteiger partial charge on any atom is -0.299 e. The summed E-state index contributed by atoms with van der Waals surface area (Å²) >= 11 is 0. The van der Waals surface area contributed by atoms with Crippen LogP contribution in [0.1, 0.15) is 66.2 Å². The number of allylic oxidation sites excluding steroid dienone is 3. The quantitative estimate of drug-likeness (QED) is 0.550. The Hall–Kier alpha value is -1.48. The van der Waals surface area contributed by atoms with Gasteiger partial charge in [0.25, 0.3) is 0 Å². The third kappa shape index (κ3) is 3.60. The summed E-state index contributed by atoms with van der Waals surface area (Å²) in [6.07, 6.45) is 8.21. The Kier molecular flexibility index (Phi) is 5.48. The maximum Gasteiger partial charge on any atom is 0.143 e. The van der Waals surface area contributed by atoms with Gasteiger partial charge in [0, 0.05) is 22.5 Å². The van der Waals surface area contributed by atoms with Gasteiger partial charge in [-0.25, -0.2) is 0 Å². The molecule has 0 aliphatic heterocycles. The second-order valence-electron chi connectivity index (χ2n) is 10.1. The molecule has 0 heterocycles. The van der Waals surface area contributed by atoms with Crippen LogP contribution in [-0.2, 0) is 15.6 Å². The molecular weight excluding hydrogens is 376 g/mol. The van der Waals surface area contributed by atoms with Crippen molar-refractivity contribution in [3.63, 3.8) is 0 Å². The summed E-state index contributed by atoms with van der Waals surface area (Å²) in [5.74, 6) is 1.71. The molecule has 0 amide bonds. The number of benzene rings is 1. The lowest BCUT2D eigenvalue weighted by Gasteiger charge is -2.48. The molecule has 0 bridgehead atoms. The van der Waals surface area contributed by atoms with E-state index in [0.717, 1.165) is 29.7 Å². The predicted octanol–water partition coefficient (Wildman–Crippen LogP) is 6.25. The highest BCUT2D eigenvalue weighted by atomic mass is 32.2. The van der Waals surface area contributed by atoms with Crippen LogP contribution < -0.4 is 0 Å². The summed E-state index contributed by atoms with van der Waals surface area (Å²) in [7, 11) is -1.09. The van der Waals surface area contributed by atoms with E-state index in [-0.39, 0.29) is 10.8 Å². The van der Waals surface area contributed by atoms with E-state index >= 15 is 0 Å². The van der Waals surface area contributed by atoms with E-state index in [2.05, 4.69) is 33.8 Å². The summed E-state index contributed by atoms with van der Waals surface area (Å²) in [5.41, 5.74) is 4.29. The maximum absolute atomic E-state index is 13.5. The molecule has 3 aliphatic carbocycles. The first kappa shape index (κ1) is 20.8. The number of carbonyl (C=O) groups is 1. The number of fused-ring (bicyclic) bond motifs is 3. The van der Waals surface area contributed by atoms with Crippen LogP contribution in [0.2, 0.25) is 0 Å². The Labute approximate surface area is 178 Å². The normalized spacial score (nSPS) is 33.2. The second-order valence-corrected chi connectivity index (χ2v) is 11.6. The summed E-state index contributed by atoms with van der Waals surface area (Å²) < 4.78 is 12.9. The molecule has 0 spiro atoms. The van der Waals surface area contributed by atoms with E-state index in [1.165, 1.54) is 12.8 Å². The smallest absolute Gasteiger partial charge is 0.143 e. The van der Waals surface area contributed by atoms with E-state index in [1.54, 1.807) is 11.1 Å². The fourth-order valence-corrected chi connectivity index (χ4v) is 7.19. The van der Waals surface area contributed by atoms with Crippen molar-refractivity contribution in [3.8, 4) is 0 Å². The molecule has 0 saturated heterocycles. The molecule has 1 unspecified atom stereocenters. The van der Waals surface area contributed by atoms with E-state index in [0.29, 0.717) is 29.8 Å². The van der Waals surface area contributed by atoms with E-state index in [1.807, 2.05) is 30.3 Å². The molecule has 1 fully saturated rings. The number of Topliss-reactive ketones (excluding diaryl/α,β-unsaturated/α-hetero) is 1. The molecule has 4 rings (SSSR count). The van der Waals surface area contributed by atoms with Gasteiger partial charge in [0.05, 0.1) is 10.8 Å². The van der Waals surface area contributed by atoms with Gasteiger partial charge in [-0.1, -0.05) is 68.7 Å². The second kappa shape index (κ2) is 7.65. The molecule has 0 radical (unpaired) electrons. The lowest BCUT2D eigenvalue weighted by Crippen LogP contribution is -2.44. The van der Waals surface area contributed by atoms with Crippen molar-refractivity contribution in [2.75, 3.05) is 5.75 Å². The number of rotatable bonds is 4. The molecule has 0 N–H and O–H groups in total. The largest absolute Gasteiger partial charge is 0.299 e. The topological polar surface area (TPSA) is 34.1 Å². The molecule has 4 atom stereocenters. The van der Waals surface area contributed by atoms with Crippen molar-refractivity contribution >= 4 is 16.6 Å². The van der Waals surface area contributed by atoms with Gasteiger partial charge in [-0.3, -0.25) is 9.00 Å². The average Bonchev–Trinajstić information content (AvgIpc) is 2.99. The fraction of sp³-hybridized carbons (Fsp3) is 0.577. The monoisotopic (exact) mass is 410 g/mol. The number of hydrogen-bond acceptors (Lipinski definition) is 2. The molecular formula is C26H34O2S. The Morgan fingerprint density at radius 3 is 2.52 bits per heavy atom. The predicted molar refractivity (Wildman–Crippen MR) is 120 cm³/mol. The number of carbonyl (C=O) groups excluding carboxylic acids is 1. The zero-order valence-corrected chi connectivity index (χ0v) is 19.1. The number of ketones is 1. The molecule has 1 aromatic carbocycles. The van der Waals surface area contributed by atoms with Gasteiger partial charge < -0.3 is 0 Å². The van der Waals surface area contributed by atoms with Gasteiger partial charge in [-0.2, -0.15) is 0 Å². The minimum absolute atomic E-state index is 0.272. The number of hydrogen-bond donors (Lipinski definition) is 0. The zero-order chi connectivity index (χ0) is 20.8. The first-order chi connectivity index (χ1) is 13.7. The van der Waals surface area contributed by atoms with Crippen LogP contribution >= 0.6 is 0 Å². The Morgan fingerprint density at radius 2 is 1.83 bits per heavy atom. The summed E-state index contributed by atoms with van der Waals surface area (Å²) in [6, 6.07) is 9.63. The Morgan fingerprint density at radius 1 is 1.10 bits per heavy atom. The zero-order valence-electron chi connectivity index (χ0n) is 18.3. The van der Waals surface area contributed by atoms with Crippen molar-refractivity contribution in [2.24, 2.45) is 22.7 Å². The fourth-order valence-electron chi connectivity index (χ4n) is 6.01. The molecule has 3 heteroatoms. The lowest BCUT2D eigenvalue weighted by atomic mass is 9.54. The molecule has 156 valence electrons. The van der Waals surface area contributed by atoms with Gasteiger partial charge in [-0.15, -0.1) is 0 Å². The first-order valence-corrected chi connectivity index (χ1v) is 12.4. The van der Waals surface area contributed by atoms with Gasteiger partial charge in [0.15, 0.2) is 0 Å². The van der Waals surface area contributed by atoms with Crippen molar-refractivity contribution in [3.05, 3.63) is 53.1 Å². The minimum atomic E-state index is -1.09. The van der Waals surface area contributed by atoms with Crippen LogP contribution in [0.15, 0.2) is 58.0 Å². The van der Waals surface area contributed by atoms with E-state index in [9.17, 15) is 9.00 Å². The maximum atomic E-state index is 13.5. The van der Waals surface area contributed by atoms with Crippen LogP contribution in [0.5, 0.6) is 0 Å². The van der Waals surface area contributed by atoms with Crippen molar-refractivity contribution in [1.29, 1.82) is 0 Å². The molecule has 29 heavy (non-hydrogen) atoms. The van der Waals surface area contributed by atoms with Gasteiger partial charge in [0.2, 0.25) is 0 Å². The van der Waals surface area contributed by atoms with E-state index < -0.39 is 10.8 Å². The van der Waals surface area contributed by atoms with Crippen LogP contribution in [0.3, 0.4) is 0 Å². The molecule has 1 aromatic rings. The van der Waals surface area contributed by atoms with Crippen LogP contribution in [0, 0.1) is 22.7 Å². The summed E-state index contributed by atoms with van der Waals surface area (Å²) in [5, 5.41) is 0. The SMILES string of the molecule is CC(C)C1=C2[C@H]3CC=C(CS(=O)c4ccccc4)CC(=O)[C@]3(C)CC[C@@]2(C)CC1. The van der Waals surface area contributed by atoms with Crippen molar-refractivity contribution < 1.29 is 9.00 Å². The Balaban J connectivity index is 1.66. The summed E-state index contributed by atoms with van der Waals surface area (Å²) in [6.45, 7) is 9.27. The average molecular weight is 411 g/mol. The Bertz CT molecular complexity index is 895. The highest BCUT2D eigenvalue weighted by Gasteiger charge is 2.54. The van der Waals surface area contributed by atoms with Crippen LogP contribution in [0.4, 0.5) is 0 Å². The first-order valence-electron chi connectivity index (χ1n) is 11.1. The van der Waals surface area contributed by atoms with Crippen LogP contribution in [-0.4, -0.2) is 15.7 Å². The summed E-state index contributed by atoms with van der Waals surface area (Å²) in [4.78, 5) is 14.4. The van der Waals surface area contributed by atoms with Crippen molar-refractivity contribution in [2.45, 2.75) is 71.1 Å². The van der Waals surface area contributed by atoms with Gasteiger partial charge in [0.1, 0.15) is 5.78 Å². The van der Waals surface area contributed by atoms with Crippen molar-refractivity contribution in [1.82, 2.24) is 0 Å². The highest BCUT2D eigenvalue weighted by Crippen LogP contribution is 2.62. The van der Waals surface area contributed by atoms with E-state index in [4.69, 9.17) is 0 Å². The molecule has 3 aliphatic rings. The molecule has 2 nitrogen and oxygen atoms in total. The lowest BCUT2D eigenvalue weighted by molar-refractivity contribution is -0.131. The molecule has 1 saturated carbocycles. The van der Waals surface area contributed by atoms with Gasteiger partial charge in [-0.05, 0) is 61.5 Å². The standard InChI is InChI=1S/C26H34O2S/c1-18(2)21-12-13-25(3)14-15-26(4)22(24(21)25)11-10-19(16-23(26)27)17-29(28)20-8-6-5-7-9-20/h5-10,18,22H,11-17H2,1-4H3/t22-,25-,26-,29?/m1/s1. The third-order valence-electron chi connectivity index (χ3n) is 7.94. The highest BCUT2D eigenvalue weighted by molar-refractivity contribution is 7.85. The van der Waals surface area contributed by atoms with Gasteiger partial charge >= 0.3 is 0 Å².